The highest BCUT2D eigenvalue weighted by Gasteiger charge is 2.39. The number of nitrogens with one attached hydrogen (secondary N) is 1. The molecule has 1 N–H and O–H groups in total. The zero-order chi connectivity index (χ0) is 29.9. The SMILES string of the molecule is C=CC(N(C)C)S(=O)(=O)N1CCN(c2cc(Cl)nc(-n3ccnc3)n2)C(CC(=O)NCc2ccc3c(c2)OCCO3)C1. The van der Waals surface area contributed by atoms with Gasteiger partial charge in [-0.2, -0.15) is 9.29 Å². The van der Waals surface area contributed by atoms with Crippen LogP contribution in [-0.4, -0.2) is 101 Å². The van der Waals surface area contributed by atoms with Gasteiger partial charge in [0.2, 0.25) is 21.9 Å². The Morgan fingerprint density at radius 1 is 1.21 bits per heavy atom. The van der Waals surface area contributed by atoms with Crippen molar-refractivity contribution in [1.29, 1.82) is 0 Å². The van der Waals surface area contributed by atoms with Crippen molar-refractivity contribution in [2.24, 2.45) is 0 Å². The first-order chi connectivity index (χ1) is 20.2. The summed E-state index contributed by atoms with van der Waals surface area (Å²) in [5.74, 6) is 1.85. The first-order valence-electron chi connectivity index (χ1n) is 13.4. The first kappa shape index (κ1) is 29.8. The maximum absolute atomic E-state index is 13.5. The highest BCUT2D eigenvalue weighted by Crippen LogP contribution is 2.31. The van der Waals surface area contributed by atoms with Crippen molar-refractivity contribution in [3.8, 4) is 17.4 Å². The van der Waals surface area contributed by atoms with Crippen molar-refractivity contribution < 1.29 is 22.7 Å². The second-order valence-electron chi connectivity index (χ2n) is 10.1. The molecule has 2 aliphatic rings. The number of hydrogen-bond acceptors (Lipinski definition) is 10. The van der Waals surface area contributed by atoms with Crippen LogP contribution in [0.15, 0.2) is 55.6 Å². The van der Waals surface area contributed by atoms with E-state index >= 15 is 0 Å². The van der Waals surface area contributed by atoms with Crippen molar-refractivity contribution in [2.75, 3.05) is 51.8 Å². The van der Waals surface area contributed by atoms with Crippen LogP contribution < -0.4 is 19.7 Å². The Morgan fingerprint density at radius 2 is 2.00 bits per heavy atom. The molecule has 0 saturated carbocycles. The fraction of sp³-hybridized carbons (Fsp3) is 0.407. The number of piperazine rings is 1. The van der Waals surface area contributed by atoms with E-state index in [0.29, 0.717) is 36.5 Å². The molecular weight excluding hydrogens is 584 g/mol. The van der Waals surface area contributed by atoms with Crippen LogP contribution in [0.25, 0.3) is 5.95 Å². The fourth-order valence-corrected chi connectivity index (χ4v) is 6.98. The van der Waals surface area contributed by atoms with Gasteiger partial charge in [0.15, 0.2) is 11.5 Å². The van der Waals surface area contributed by atoms with Crippen LogP contribution in [0.2, 0.25) is 5.15 Å². The topological polar surface area (TPSA) is 135 Å². The molecule has 2 atom stereocenters. The van der Waals surface area contributed by atoms with Gasteiger partial charge in [0.1, 0.15) is 35.9 Å². The van der Waals surface area contributed by atoms with E-state index in [9.17, 15) is 13.2 Å². The summed E-state index contributed by atoms with van der Waals surface area (Å²) in [4.78, 5) is 29.8. The van der Waals surface area contributed by atoms with E-state index in [-0.39, 0.29) is 43.7 Å². The second kappa shape index (κ2) is 12.7. The summed E-state index contributed by atoms with van der Waals surface area (Å²) < 4.78 is 41.3. The molecule has 0 spiro atoms. The monoisotopic (exact) mass is 616 g/mol. The minimum atomic E-state index is -3.78. The molecule has 2 aromatic heterocycles. The summed E-state index contributed by atoms with van der Waals surface area (Å²) in [5.41, 5.74) is 0.852. The minimum absolute atomic E-state index is 0.0132. The molecule has 1 fully saturated rings. The Morgan fingerprint density at radius 3 is 2.71 bits per heavy atom. The quantitative estimate of drug-likeness (QED) is 0.265. The number of rotatable bonds is 10. The van der Waals surface area contributed by atoms with Crippen molar-refractivity contribution in [3.63, 3.8) is 0 Å². The molecule has 3 aromatic rings. The number of fused-ring (bicyclic) bond motifs is 1. The molecule has 2 unspecified atom stereocenters. The molecule has 15 heteroatoms. The number of nitrogens with zero attached hydrogens (tertiary/aromatic N) is 7. The van der Waals surface area contributed by atoms with E-state index in [4.69, 9.17) is 21.1 Å². The summed E-state index contributed by atoms with van der Waals surface area (Å²) in [6.45, 7) is 5.50. The molecule has 0 radical (unpaired) electrons. The van der Waals surface area contributed by atoms with E-state index in [0.717, 1.165) is 5.56 Å². The Hall–Kier alpha value is -3.72. The lowest BCUT2D eigenvalue weighted by Crippen LogP contribution is -2.58. The highest BCUT2D eigenvalue weighted by atomic mass is 35.5. The Balaban J connectivity index is 1.37. The molecule has 2 aliphatic heterocycles. The van der Waals surface area contributed by atoms with E-state index in [2.05, 4.69) is 26.8 Å². The zero-order valence-electron chi connectivity index (χ0n) is 23.4. The number of hydrogen-bond donors (Lipinski definition) is 1. The number of amides is 1. The summed E-state index contributed by atoms with van der Waals surface area (Å²) in [6.07, 6.45) is 6.26. The Bertz CT molecular complexity index is 1540. The molecule has 5 rings (SSSR count). The van der Waals surface area contributed by atoms with Crippen molar-refractivity contribution in [3.05, 3.63) is 66.4 Å². The average Bonchev–Trinajstić information content (AvgIpc) is 3.51. The summed E-state index contributed by atoms with van der Waals surface area (Å²) in [5, 5.41) is 2.25. The fourth-order valence-electron chi connectivity index (χ4n) is 5.00. The van der Waals surface area contributed by atoms with E-state index in [1.54, 1.807) is 48.3 Å². The third kappa shape index (κ3) is 6.51. The van der Waals surface area contributed by atoms with Crippen LogP contribution in [0, 0.1) is 0 Å². The van der Waals surface area contributed by atoms with Gasteiger partial charge in [-0.1, -0.05) is 23.7 Å². The number of anilines is 1. The number of halogens is 1. The van der Waals surface area contributed by atoms with Crippen LogP contribution in [0.1, 0.15) is 12.0 Å². The minimum Gasteiger partial charge on any atom is -0.486 e. The van der Waals surface area contributed by atoms with Gasteiger partial charge in [0.05, 0.1) is 6.04 Å². The average molecular weight is 617 g/mol. The number of benzene rings is 1. The first-order valence-corrected chi connectivity index (χ1v) is 15.3. The maximum Gasteiger partial charge on any atom is 0.238 e. The van der Waals surface area contributed by atoms with Crippen LogP contribution in [0.3, 0.4) is 0 Å². The van der Waals surface area contributed by atoms with Crippen molar-refractivity contribution in [2.45, 2.75) is 24.4 Å². The molecule has 0 aliphatic carbocycles. The number of carbonyl (C=O) groups excluding carboxylic acids is 1. The largest absolute Gasteiger partial charge is 0.486 e. The predicted molar refractivity (Wildman–Crippen MR) is 157 cm³/mol. The molecule has 4 heterocycles. The van der Waals surface area contributed by atoms with E-state index < -0.39 is 21.4 Å². The number of carbonyl (C=O) groups is 1. The van der Waals surface area contributed by atoms with Gasteiger partial charge in [-0.15, -0.1) is 6.58 Å². The van der Waals surface area contributed by atoms with Crippen LogP contribution in [0.4, 0.5) is 5.82 Å². The highest BCUT2D eigenvalue weighted by molar-refractivity contribution is 7.89. The molecule has 0 bridgehead atoms. The molecule has 13 nitrogen and oxygen atoms in total. The van der Waals surface area contributed by atoms with Gasteiger partial charge >= 0.3 is 0 Å². The number of likely N-dealkylation sites (N-methyl/N-ethyl adjacent to an activating group) is 1. The van der Waals surface area contributed by atoms with Gasteiger partial charge in [0, 0.05) is 51.1 Å². The predicted octanol–water partition coefficient (Wildman–Crippen LogP) is 1.69. The van der Waals surface area contributed by atoms with E-state index in [1.807, 2.05) is 23.1 Å². The van der Waals surface area contributed by atoms with Crippen LogP contribution in [-0.2, 0) is 21.4 Å². The third-order valence-electron chi connectivity index (χ3n) is 7.04. The van der Waals surface area contributed by atoms with Crippen LogP contribution >= 0.6 is 11.6 Å². The zero-order valence-corrected chi connectivity index (χ0v) is 25.0. The van der Waals surface area contributed by atoms with Crippen molar-refractivity contribution in [1.82, 2.24) is 34.0 Å². The third-order valence-corrected chi connectivity index (χ3v) is 9.51. The van der Waals surface area contributed by atoms with Gasteiger partial charge < -0.3 is 19.7 Å². The van der Waals surface area contributed by atoms with E-state index in [1.165, 1.54) is 10.4 Å². The molecule has 1 amide bonds. The lowest BCUT2D eigenvalue weighted by Gasteiger charge is -2.42. The lowest BCUT2D eigenvalue weighted by atomic mass is 10.1. The molecule has 224 valence electrons. The standard InChI is InChI=1S/C27H33ClN8O5S/c1-4-26(33(2)3)42(38,39)35-9-10-36(24-15-23(28)31-27(32-24)34-8-7-29-18-34)20(17-35)14-25(37)30-16-19-5-6-21-22(13-19)41-12-11-40-21/h4-8,13,15,18,20,26H,1,9-12,14,16-17H2,2-3H3,(H,30,37). The summed E-state index contributed by atoms with van der Waals surface area (Å²) in [6, 6.07) is 6.60. The van der Waals surface area contributed by atoms with Crippen LogP contribution in [0.5, 0.6) is 11.5 Å². The Kier molecular flexibility index (Phi) is 8.96. The second-order valence-corrected chi connectivity index (χ2v) is 12.5. The van der Waals surface area contributed by atoms with Gasteiger partial charge in [-0.25, -0.2) is 18.4 Å². The number of aromatic nitrogens is 4. The number of ether oxygens (including phenoxy) is 2. The maximum atomic E-state index is 13.5. The van der Waals surface area contributed by atoms with Gasteiger partial charge in [-0.3, -0.25) is 14.3 Å². The smallest absolute Gasteiger partial charge is 0.238 e. The number of imidazole rings is 1. The summed E-state index contributed by atoms with van der Waals surface area (Å²) >= 11 is 6.37. The number of sulfonamides is 1. The van der Waals surface area contributed by atoms with Gasteiger partial charge in [0.25, 0.3) is 0 Å². The Labute approximate surface area is 249 Å². The summed E-state index contributed by atoms with van der Waals surface area (Å²) in [7, 11) is -0.410. The lowest BCUT2D eigenvalue weighted by molar-refractivity contribution is -0.121. The van der Waals surface area contributed by atoms with Gasteiger partial charge in [-0.05, 0) is 31.8 Å². The molecule has 1 aromatic carbocycles. The normalized spacial score (nSPS) is 18.1. The van der Waals surface area contributed by atoms with Crippen molar-refractivity contribution >= 4 is 33.3 Å². The molecule has 1 saturated heterocycles. The molecular formula is C27H33ClN8O5S. The molecule has 42 heavy (non-hydrogen) atoms.